The number of hydrogen-bond acceptors (Lipinski definition) is 10. The molecule has 14 nitrogen and oxygen atoms in total. The number of phenols is 1. The number of ketones is 1. The number of rotatable bonds is 11. The van der Waals surface area contributed by atoms with Crippen molar-refractivity contribution in [3.05, 3.63) is 133 Å². The largest absolute Gasteiger partial charge is 0.508 e. The third kappa shape index (κ3) is 15.7. The number of hydrogen-bond donors (Lipinski definition) is 6. The van der Waals surface area contributed by atoms with Gasteiger partial charge in [-0.25, -0.2) is 5.43 Å². The summed E-state index contributed by atoms with van der Waals surface area (Å²) in [6, 6.07) is 20.5. The van der Waals surface area contributed by atoms with Crippen LogP contribution in [0.1, 0.15) is 78.7 Å². The Bertz CT molecular complexity index is 2310. The van der Waals surface area contributed by atoms with E-state index in [1.807, 2.05) is 66.7 Å². The van der Waals surface area contributed by atoms with Gasteiger partial charge in [-0.3, -0.25) is 29.0 Å². The van der Waals surface area contributed by atoms with E-state index in [1.165, 1.54) is 30.1 Å². The molecule has 0 radical (unpaired) electrons. The lowest BCUT2D eigenvalue weighted by atomic mass is 9.85. The molecule has 0 aromatic heterocycles. The monoisotopic (exact) mass is 915 g/mol. The van der Waals surface area contributed by atoms with E-state index in [4.69, 9.17) is 4.74 Å². The zero-order valence-electron chi connectivity index (χ0n) is 39.0. The van der Waals surface area contributed by atoms with Crippen molar-refractivity contribution < 1.29 is 43.7 Å². The summed E-state index contributed by atoms with van der Waals surface area (Å²) in [5, 5.41) is 31.6. The molecule has 356 valence electrons. The fraction of sp³-hybridized carbons (Fsp3) is 0.396. The number of anilines is 1. The second-order valence-electron chi connectivity index (χ2n) is 17.7. The molecule has 2 heterocycles. The predicted octanol–water partition coefficient (Wildman–Crippen LogP) is 6.66. The lowest BCUT2D eigenvalue weighted by Gasteiger charge is -2.36. The van der Waals surface area contributed by atoms with Gasteiger partial charge in [-0.05, 0) is 97.9 Å². The van der Waals surface area contributed by atoms with Gasteiger partial charge in [0.2, 0.25) is 17.7 Å². The van der Waals surface area contributed by atoms with Crippen LogP contribution in [0.15, 0.2) is 127 Å². The highest BCUT2D eigenvalue weighted by atomic mass is 16.5. The van der Waals surface area contributed by atoms with Gasteiger partial charge in [0.25, 0.3) is 5.91 Å². The van der Waals surface area contributed by atoms with E-state index in [9.17, 15) is 39.0 Å². The summed E-state index contributed by atoms with van der Waals surface area (Å²) in [7, 11) is 0. The van der Waals surface area contributed by atoms with Gasteiger partial charge in [0.05, 0.1) is 12.0 Å². The number of hydrazine groups is 1. The molecule has 0 aliphatic carbocycles. The Hall–Kier alpha value is -6.64. The van der Waals surface area contributed by atoms with E-state index < -0.39 is 71.8 Å². The van der Waals surface area contributed by atoms with Gasteiger partial charge in [0.1, 0.15) is 35.8 Å². The molecule has 2 aliphatic heterocycles. The van der Waals surface area contributed by atoms with E-state index in [0.717, 1.165) is 11.1 Å². The van der Waals surface area contributed by atoms with Crippen molar-refractivity contribution in [2.75, 3.05) is 11.9 Å². The molecule has 1 saturated heterocycles. The quantitative estimate of drug-likeness (QED) is 0.0686. The van der Waals surface area contributed by atoms with Crippen LogP contribution < -0.4 is 21.4 Å². The molecule has 6 N–H and O–H groups in total. The van der Waals surface area contributed by atoms with Gasteiger partial charge in [-0.1, -0.05) is 112 Å². The van der Waals surface area contributed by atoms with Gasteiger partial charge >= 0.3 is 5.97 Å². The maximum absolute atomic E-state index is 14.4. The van der Waals surface area contributed by atoms with Crippen molar-refractivity contribution in [3.8, 4) is 16.9 Å². The Morgan fingerprint density at radius 3 is 2.28 bits per heavy atom. The molecule has 0 saturated carbocycles. The number of carbonyl (C=O) groups excluding carboxylic acids is 6. The van der Waals surface area contributed by atoms with Crippen LogP contribution in [0.25, 0.3) is 11.1 Å². The highest BCUT2D eigenvalue weighted by molar-refractivity contribution is 5.99. The van der Waals surface area contributed by atoms with Crippen LogP contribution in [0.3, 0.4) is 0 Å². The average Bonchev–Trinajstić information content (AvgIpc) is 3.30. The molecule has 3 aromatic rings. The van der Waals surface area contributed by atoms with Crippen LogP contribution >= 0.6 is 0 Å². The predicted molar refractivity (Wildman–Crippen MR) is 258 cm³/mol. The Kier molecular flexibility index (Phi) is 19.4. The first kappa shape index (κ1) is 51.3. The summed E-state index contributed by atoms with van der Waals surface area (Å²) in [6.45, 7) is 8.72. The number of aliphatic hydroxyl groups is 1. The highest BCUT2D eigenvalue weighted by Gasteiger charge is 2.38. The lowest BCUT2D eigenvalue weighted by molar-refractivity contribution is -0.156. The Labute approximate surface area is 393 Å². The molecule has 2 bridgehead atoms. The van der Waals surface area contributed by atoms with Gasteiger partial charge in [-0.2, -0.15) is 0 Å². The van der Waals surface area contributed by atoms with Crippen LogP contribution in [-0.2, 0) is 39.9 Å². The number of phenolic OH excluding ortho intramolecular Hbond substituents is 1. The first-order valence-corrected chi connectivity index (χ1v) is 23.1. The van der Waals surface area contributed by atoms with Gasteiger partial charge in [-0.15, -0.1) is 0 Å². The Morgan fingerprint density at radius 1 is 0.896 bits per heavy atom. The zero-order chi connectivity index (χ0) is 48.5. The number of carbonyl (C=O) groups is 6. The molecule has 3 aromatic carbocycles. The van der Waals surface area contributed by atoms with Crippen molar-refractivity contribution in [2.45, 2.75) is 110 Å². The molecule has 7 atom stereocenters. The van der Waals surface area contributed by atoms with Crippen molar-refractivity contribution in [1.82, 2.24) is 21.1 Å². The van der Waals surface area contributed by atoms with Crippen LogP contribution in [0.5, 0.6) is 5.75 Å². The van der Waals surface area contributed by atoms with Crippen molar-refractivity contribution in [1.29, 1.82) is 0 Å². The molecule has 1 fully saturated rings. The summed E-state index contributed by atoms with van der Waals surface area (Å²) >= 11 is 0. The molecule has 4 amide bonds. The van der Waals surface area contributed by atoms with Gasteiger partial charge < -0.3 is 35.7 Å². The summed E-state index contributed by atoms with van der Waals surface area (Å²) in [6.07, 6.45) is 11.6. The molecule has 14 heteroatoms. The van der Waals surface area contributed by atoms with E-state index in [2.05, 4.69) is 21.4 Å². The molecule has 5 rings (SSSR count). The van der Waals surface area contributed by atoms with Crippen LogP contribution in [0.2, 0.25) is 0 Å². The first-order valence-electron chi connectivity index (χ1n) is 23.1. The number of esters is 1. The van der Waals surface area contributed by atoms with E-state index in [-0.39, 0.29) is 49.7 Å². The number of Topliss-reactive ketones (excluding diaryl/α,β-unsaturated/α-hetero) is 1. The van der Waals surface area contributed by atoms with E-state index in [1.54, 1.807) is 64.1 Å². The first-order chi connectivity index (χ1) is 32.1. The second-order valence-corrected chi connectivity index (χ2v) is 17.7. The summed E-state index contributed by atoms with van der Waals surface area (Å²) in [4.78, 5) is 81.4. The number of fused-ring (bicyclic) bond motifs is 2. The third-order valence-electron chi connectivity index (χ3n) is 12.0. The smallest absolute Gasteiger partial charge is 0.325 e. The molecule has 0 spiro atoms. The summed E-state index contributed by atoms with van der Waals surface area (Å²) in [5.41, 5.74) is 6.95. The van der Waals surface area contributed by atoms with E-state index >= 15 is 0 Å². The van der Waals surface area contributed by atoms with Crippen molar-refractivity contribution in [3.63, 3.8) is 0 Å². The number of allylic oxidation sites excluding steroid dienone is 5. The fourth-order valence-electron chi connectivity index (χ4n) is 7.99. The highest BCUT2D eigenvalue weighted by Crippen LogP contribution is 2.25. The maximum atomic E-state index is 14.4. The average molecular weight is 916 g/mol. The van der Waals surface area contributed by atoms with Crippen LogP contribution in [0, 0.1) is 17.8 Å². The molecule has 1 unspecified atom stereocenters. The normalized spacial score (nSPS) is 25.0. The number of aromatic hydroxyl groups is 1. The molecular formula is C53H65N5O9. The Balaban J connectivity index is 1.40. The number of amides is 4. The van der Waals surface area contributed by atoms with Gasteiger partial charge in [0, 0.05) is 37.6 Å². The van der Waals surface area contributed by atoms with E-state index in [0.29, 0.717) is 36.1 Å². The van der Waals surface area contributed by atoms with Gasteiger partial charge in [0.15, 0.2) is 0 Å². The third-order valence-corrected chi connectivity index (χ3v) is 12.0. The van der Waals surface area contributed by atoms with Crippen molar-refractivity contribution in [2.24, 2.45) is 17.8 Å². The fourth-order valence-corrected chi connectivity index (χ4v) is 7.99. The zero-order valence-corrected chi connectivity index (χ0v) is 39.0. The Morgan fingerprint density at radius 2 is 1.60 bits per heavy atom. The number of nitrogens with zero attached hydrogens (tertiary/aromatic N) is 1. The molecular weight excluding hydrogens is 851 g/mol. The molecule has 2 aliphatic rings. The standard InChI is InChI=1S/C53H65N5O9/c1-34(2)48-51(64)55-45(33-38-18-14-21-42(60)32-38)52(65)58-31-15-22-44(57-58)53(66)67-46(23-12-7-6-9-16-36(4)49(62)43(50(63)56-48)30-25-37(5)59)35(3)17-13-24-47(61)54-41-28-26-40(27-29-41)39-19-10-8-11-20-39/h6-14,17-21,24,26-29,32,34,36,43-46,48-49,57,60,62H,15-16,22-23,25,30-31,33H2,1-5H3,(H,54,61)(H,55,64)(H,56,63)/b9-6+,12-7+,24-13+,35-17+/t36-,43+,44?,45-,46-,48-,49+/m0/s1. The number of benzene rings is 3. The number of cyclic esters (lactones) is 1. The number of ether oxygens (including phenoxy) is 1. The minimum absolute atomic E-state index is 0.0273. The minimum Gasteiger partial charge on any atom is -0.508 e. The summed E-state index contributed by atoms with van der Waals surface area (Å²) in [5.74, 6) is -4.78. The van der Waals surface area contributed by atoms with Crippen LogP contribution in [-0.4, -0.2) is 87.5 Å². The van der Waals surface area contributed by atoms with Crippen LogP contribution in [0.4, 0.5) is 5.69 Å². The number of aliphatic hydroxyl groups excluding tert-OH is 1. The van der Waals surface area contributed by atoms with Crippen molar-refractivity contribution >= 4 is 41.1 Å². The SMILES string of the molecule is CC(=O)CC[C@H]1C(=O)N[C@@H](C(C)C)C(=O)N[C@@H](Cc2cccc(O)c2)C(=O)N2CCCC(N2)C(=O)O[C@H](/C(C)=C/C=C/C(=O)Nc2ccc(-c3ccccc3)cc2)C/C=C/C=C/C[C@H](C)[C@H]1O. The second kappa shape index (κ2) is 25.3. The lowest BCUT2D eigenvalue weighted by Crippen LogP contribution is -2.62. The number of nitrogens with one attached hydrogen (secondary N) is 4. The summed E-state index contributed by atoms with van der Waals surface area (Å²) < 4.78 is 6.12. The minimum atomic E-state index is -1.20. The topological polar surface area (TPSA) is 203 Å². The maximum Gasteiger partial charge on any atom is 0.325 e. The molecule has 67 heavy (non-hydrogen) atoms.